The highest BCUT2D eigenvalue weighted by atomic mass is 19.2. The van der Waals surface area contributed by atoms with Crippen molar-refractivity contribution in [3.8, 4) is 28.0 Å². The number of rotatable bonds is 12. The molecule has 1 aliphatic heterocycles. The van der Waals surface area contributed by atoms with Gasteiger partial charge >= 0.3 is 0 Å². The third kappa shape index (κ3) is 6.99. The van der Waals surface area contributed by atoms with E-state index in [2.05, 4.69) is 6.92 Å². The van der Waals surface area contributed by atoms with Crippen LogP contribution in [0.4, 0.5) is 13.2 Å². The van der Waals surface area contributed by atoms with Crippen LogP contribution in [-0.2, 0) is 4.74 Å². The second kappa shape index (κ2) is 13.8. The van der Waals surface area contributed by atoms with E-state index >= 15 is 4.39 Å². The SMILES string of the molecule is CCCCCCCC1CCC(c2ccc(-c3ccc(-c4ccc(OCCC)c(F)c4F)cc3)cc2F)OC1. The lowest BCUT2D eigenvalue weighted by molar-refractivity contribution is -0.0215. The fraction of sp³-hybridized carbons (Fsp3) is 0.455. The topological polar surface area (TPSA) is 18.5 Å². The number of benzene rings is 3. The lowest BCUT2D eigenvalue weighted by atomic mass is 9.90. The van der Waals surface area contributed by atoms with E-state index in [1.807, 2.05) is 19.1 Å². The number of halogens is 3. The van der Waals surface area contributed by atoms with Crippen LogP contribution in [0.15, 0.2) is 54.6 Å². The van der Waals surface area contributed by atoms with Crippen molar-refractivity contribution >= 4 is 0 Å². The van der Waals surface area contributed by atoms with Crippen LogP contribution < -0.4 is 4.74 Å². The van der Waals surface area contributed by atoms with E-state index in [1.54, 1.807) is 24.3 Å². The number of hydrogen-bond acceptors (Lipinski definition) is 2. The largest absolute Gasteiger partial charge is 0.490 e. The molecule has 2 atom stereocenters. The highest BCUT2D eigenvalue weighted by molar-refractivity contribution is 5.71. The molecule has 0 aliphatic carbocycles. The zero-order chi connectivity index (χ0) is 26.9. The standard InChI is InChI=1S/C33H39F3O2/c1-3-5-6-7-8-9-23-10-18-30(38-22-23)28-16-15-26(21-29(28)34)24-11-13-25(14-12-24)27-17-19-31(37-20-4-2)33(36)32(27)35/h11-17,19,21,23,30H,3-10,18,20,22H2,1-2H3. The molecule has 0 saturated carbocycles. The van der Waals surface area contributed by atoms with Crippen LogP contribution in [0.1, 0.15) is 83.3 Å². The summed E-state index contributed by atoms with van der Waals surface area (Å²) in [6, 6.07) is 15.3. The molecule has 2 unspecified atom stereocenters. The van der Waals surface area contributed by atoms with E-state index < -0.39 is 11.6 Å². The van der Waals surface area contributed by atoms with Gasteiger partial charge in [0.15, 0.2) is 11.6 Å². The molecule has 0 amide bonds. The summed E-state index contributed by atoms with van der Waals surface area (Å²) in [7, 11) is 0. The van der Waals surface area contributed by atoms with Gasteiger partial charge in [-0.25, -0.2) is 8.78 Å². The maximum atomic E-state index is 15.1. The molecule has 3 aromatic carbocycles. The molecular weight excluding hydrogens is 485 g/mol. The summed E-state index contributed by atoms with van der Waals surface area (Å²) in [5.74, 6) is -1.70. The summed E-state index contributed by atoms with van der Waals surface area (Å²) < 4.78 is 55.6. The fourth-order valence-corrected chi connectivity index (χ4v) is 5.20. The first-order chi connectivity index (χ1) is 18.5. The molecule has 204 valence electrons. The molecule has 1 aliphatic rings. The molecule has 0 N–H and O–H groups in total. The van der Waals surface area contributed by atoms with E-state index in [1.165, 1.54) is 56.7 Å². The Labute approximate surface area is 225 Å². The number of hydrogen-bond donors (Lipinski definition) is 0. The highest BCUT2D eigenvalue weighted by Crippen LogP contribution is 2.36. The van der Waals surface area contributed by atoms with Crippen LogP contribution in [0, 0.1) is 23.4 Å². The predicted molar refractivity (Wildman–Crippen MR) is 148 cm³/mol. The number of ether oxygens (including phenoxy) is 2. The highest BCUT2D eigenvalue weighted by Gasteiger charge is 2.25. The minimum Gasteiger partial charge on any atom is -0.490 e. The van der Waals surface area contributed by atoms with Crippen LogP contribution in [0.3, 0.4) is 0 Å². The van der Waals surface area contributed by atoms with E-state index in [0.717, 1.165) is 24.0 Å². The molecular formula is C33H39F3O2. The van der Waals surface area contributed by atoms with Gasteiger partial charge in [0.05, 0.1) is 19.3 Å². The monoisotopic (exact) mass is 524 g/mol. The molecule has 4 rings (SSSR count). The summed E-state index contributed by atoms with van der Waals surface area (Å²) >= 11 is 0. The molecule has 38 heavy (non-hydrogen) atoms. The Morgan fingerprint density at radius 3 is 2.18 bits per heavy atom. The van der Waals surface area contributed by atoms with Gasteiger partial charge in [0.25, 0.3) is 0 Å². The Morgan fingerprint density at radius 2 is 1.50 bits per heavy atom. The predicted octanol–water partition coefficient (Wildman–Crippen LogP) is 10.1. The zero-order valence-electron chi connectivity index (χ0n) is 22.6. The minimum atomic E-state index is -0.985. The molecule has 5 heteroatoms. The molecule has 0 bridgehead atoms. The van der Waals surface area contributed by atoms with Crippen molar-refractivity contribution in [3.63, 3.8) is 0 Å². The molecule has 0 spiro atoms. The van der Waals surface area contributed by atoms with Gasteiger partial charge in [-0.05, 0) is 66.5 Å². The summed E-state index contributed by atoms with van der Waals surface area (Å²) in [4.78, 5) is 0. The first kappa shape index (κ1) is 28.2. The van der Waals surface area contributed by atoms with Gasteiger partial charge in [-0.2, -0.15) is 4.39 Å². The molecule has 3 aromatic rings. The molecule has 1 fully saturated rings. The van der Waals surface area contributed by atoms with Gasteiger partial charge in [0.1, 0.15) is 5.82 Å². The summed E-state index contributed by atoms with van der Waals surface area (Å²) in [6.07, 6.45) is 10.0. The lowest BCUT2D eigenvalue weighted by Crippen LogP contribution is -2.21. The van der Waals surface area contributed by atoms with Crippen molar-refractivity contribution < 1.29 is 22.6 Å². The summed E-state index contributed by atoms with van der Waals surface area (Å²) in [6.45, 7) is 5.16. The van der Waals surface area contributed by atoms with Crippen molar-refractivity contribution in [1.82, 2.24) is 0 Å². The first-order valence-corrected chi connectivity index (χ1v) is 14.1. The van der Waals surface area contributed by atoms with Gasteiger partial charge in [0.2, 0.25) is 5.82 Å². The maximum Gasteiger partial charge on any atom is 0.201 e. The van der Waals surface area contributed by atoms with Crippen molar-refractivity contribution in [2.24, 2.45) is 5.92 Å². The molecule has 0 radical (unpaired) electrons. The van der Waals surface area contributed by atoms with E-state index in [0.29, 0.717) is 36.7 Å². The smallest absolute Gasteiger partial charge is 0.201 e. The van der Waals surface area contributed by atoms with Crippen LogP contribution in [0.2, 0.25) is 0 Å². The van der Waals surface area contributed by atoms with E-state index in [-0.39, 0.29) is 23.2 Å². The van der Waals surface area contributed by atoms with Crippen LogP contribution >= 0.6 is 0 Å². The van der Waals surface area contributed by atoms with Crippen molar-refractivity contribution in [3.05, 3.63) is 77.6 Å². The van der Waals surface area contributed by atoms with Crippen molar-refractivity contribution in [2.75, 3.05) is 13.2 Å². The van der Waals surface area contributed by atoms with Crippen molar-refractivity contribution in [1.29, 1.82) is 0 Å². The van der Waals surface area contributed by atoms with Gasteiger partial charge in [-0.3, -0.25) is 0 Å². The third-order valence-corrected chi connectivity index (χ3v) is 7.47. The summed E-state index contributed by atoms with van der Waals surface area (Å²) in [5, 5.41) is 0. The van der Waals surface area contributed by atoms with Gasteiger partial charge in [-0.15, -0.1) is 0 Å². The Morgan fingerprint density at radius 1 is 0.763 bits per heavy atom. The normalized spacial score (nSPS) is 17.5. The van der Waals surface area contributed by atoms with Crippen LogP contribution in [-0.4, -0.2) is 13.2 Å². The second-order valence-electron chi connectivity index (χ2n) is 10.4. The average Bonchev–Trinajstić information content (AvgIpc) is 2.94. The zero-order valence-corrected chi connectivity index (χ0v) is 22.6. The summed E-state index contributed by atoms with van der Waals surface area (Å²) in [5.41, 5.74) is 2.84. The van der Waals surface area contributed by atoms with E-state index in [9.17, 15) is 8.78 Å². The Kier molecular flexibility index (Phi) is 10.3. The van der Waals surface area contributed by atoms with Gasteiger partial charge in [-0.1, -0.05) is 82.3 Å². The fourth-order valence-electron chi connectivity index (χ4n) is 5.20. The molecule has 0 aromatic heterocycles. The average molecular weight is 525 g/mol. The number of unbranched alkanes of at least 4 members (excludes halogenated alkanes) is 4. The van der Waals surface area contributed by atoms with Crippen LogP contribution in [0.25, 0.3) is 22.3 Å². The second-order valence-corrected chi connectivity index (χ2v) is 10.4. The van der Waals surface area contributed by atoms with E-state index in [4.69, 9.17) is 9.47 Å². The van der Waals surface area contributed by atoms with Gasteiger partial charge in [0, 0.05) is 11.1 Å². The van der Waals surface area contributed by atoms with Crippen LogP contribution in [0.5, 0.6) is 5.75 Å². The molecule has 1 saturated heterocycles. The third-order valence-electron chi connectivity index (χ3n) is 7.47. The minimum absolute atomic E-state index is 0.0832. The first-order valence-electron chi connectivity index (χ1n) is 14.1. The lowest BCUT2D eigenvalue weighted by Gasteiger charge is -2.29. The Hall–Kier alpha value is -2.79. The molecule has 2 nitrogen and oxygen atoms in total. The Balaban J connectivity index is 1.38. The Bertz CT molecular complexity index is 1170. The maximum absolute atomic E-state index is 15.1. The molecule has 1 heterocycles. The quantitative estimate of drug-likeness (QED) is 0.219. The van der Waals surface area contributed by atoms with Crippen molar-refractivity contribution in [2.45, 2.75) is 77.7 Å². The van der Waals surface area contributed by atoms with Gasteiger partial charge < -0.3 is 9.47 Å².